The third kappa shape index (κ3) is 5.55. The van der Waals surface area contributed by atoms with Gasteiger partial charge in [-0.1, -0.05) is 18.9 Å². The number of nitrogens with zero attached hydrogens (tertiary/aromatic N) is 3. The molecular formula is C23H38N4O2S. The number of hydrogen-bond donors (Lipinski definition) is 1. The molecule has 1 N–H and O–H groups in total. The van der Waals surface area contributed by atoms with E-state index in [0.717, 1.165) is 37.0 Å². The molecule has 0 unspecified atom stereocenters. The molecule has 0 radical (unpaired) electrons. The summed E-state index contributed by atoms with van der Waals surface area (Å²) in [4.78, 5) is 9.54. The third-order valence-corrected chi connectivity index (χ3v) is 7.49. The summed E-state index contributed by atoms with van der Waals surface area (Å²) in [5.74, 6) is 5.06. The molecule has 0 bridgehead atoms. The van der Waals surface area contributed by atoms with Crippen molar-refractivity contribution in [3.8, 4) is 11.5 Å². The van der Waals surface area contributed by atoms with E-state index in [4.69, 9.17) is 9.47 Å². The van der Waals surface area contributed by atoms with Crippen LogP contribution in [0.3, 0.4) is 0 Å². The summed E-state index contributed by atoms with van der Waals surface area (Å²) in [5.41, 5.74) is 1.54. The average molecular weight is 435 g/mol. The molecular weight excluding hydrogens is 396 g/mol. The first-order valence-corrected chi connectivity index (χ1v) is 12.2. The highest BCUT2D eigenvalue weighted by Crippen LogP contribution is 2.36. The Morgan fingerprint density at radius 3 is 2.50 bits per heavy atom. The number of nitrogens with one attached hydrogen (secondary N) is 1. The number of benzene rings is 1. The van der Waals surface area contributed by atoms with Gasteiger partial charge in [0.05, 0.1) is 14.2 Å². The normalized spacial score (nSPS) is 19.5. The molecule has 1 aromatic rings. The van der Waals surface area contributed by atoms with Gasteiger partial charge in [-0.05, 0) is 37.0 Å². The lowest BCUT2D eigenvalue weighted by Gasteiger charge is -2.44. The Balaban J connectivity index is 1.56. The van der Waals surface area contributed by atoms with Gasteiger partial charge in [-0.25, -0.2) is 0 Å². The summed E-state index contributed by atoms with van der Waals surface area (Å²) in [6, 6.07) is 6.14. The van der Waals surface area contributed by atoms with Gasteiger partial charge in [0.15, 0.2) is 17.5 Å². The van der Waals surface area contributed by atoms with E-state index < -0.39 is 0 Å². The van der Waals surface area contributed by atoms with E-state index in [9.17, 15) is 0 Å². The fourth-order valence-corrected chi connectivity index (χ4v) is 5.65. The quantitative estimate of drug-likeness (QED) is 0.501. The van der Waals surface area contributed by atoms with Gasteiger partial charge in [-0.3, -0.25) is 9.89 Å². The zero-order valence-corrected chi connectivity index (χ0v) is 19.9. The molecule has 168 valence electrons. The summed E-state index contributed by atoms with van der Waals surface area (Å²) in [6.07, 6.45) is 6.22. The molecule has 1 aliphatic heterocycles. The zero-order chi connectivity index (χ0) is 21.4. The van der Waals surface area contributed by atoms with Crippen molar-refractivity contribution in [3.05, 3.63) is 23.8 Å². The molecule has 2 fully saturated rings. The van der Waals surface area contributed by atoms with Crippen LogP contribution in [0.1, 0.15) is 31.2 Å². The fraction of sp³-hybridized carbons (Fsp3) is 0.696. The lowest BCUT2D eigenvalue weighted by Crippen LogP contribution is -2.57. The van der Waals surface area contributed by atoms with Crippen LogP contribution in [0.2, 0.25) is 0 Å². The van der Waals surface area contributed by atoms with Gasteiger partial charge in [0.25, 0.3) is 0 Å². The Bertz CT molecular complexity index is 700. The van der Waals surface area contributed by atoms with E-state index in [0.29, 0.717) is 5.54 Å². The van der Waals surface area contributed by atoms with E-state index in [1.807, 2.05) is 13.1 Å². The Morgan fingerprint density at radius 2 is 1.87 bits per heavy atom. The summed E-state index contributed by atoms with van der Waals surface area (Å²) in [6.45, 7) is 4.33. The number of hydrogen-bond acceptors (Lipinski definition) is 5. The number of methoxy groups -OCH3 is 2. The Morgan fingerprint density at radius 1 is 1.17 bits per heavy atom. The molecule has 0 amide bonds. The monoisotopic (exact) mass is 434 g/mol. The SMILES string of the molecule is CN=C(NCC1(N2CCSCC2)CCCC1)N(C)CCc1ccc(OC)c(OC)c1. The highest BCUT2D eigenvalue weighted by atomic mass is 32.2. The number of rotatable bonds is 8. The van der Waals surface area contributed by atoms with E-state index in [1.54, 1.807) is 14.2 Å². The van der Waals surface area contributed by atoms with E-state index >= 15 is 0 Å². The molecule has 30 heavy (non-hydrogen) atoms. The van der Waals surface area contributed by atoms with Gasteiger partial charge in [-0.15, -0.1) is 0 Å². The van der Waals surface area contributed by atoms with Crippen LogP contribution >= 0.6 is 11.8 Å². The van der Waals surface area contributed by atoms with Crippen molar-refractivity contribution in [2.24, 2.45) is 4.99 Å². The van der Waals surface area contributed by atoms with E-state index in [-0.39, 0.29) is 0 Å². The van der Waals surface area contributed by atoms with E-state index in [2.05, 4.69) is 51.1 Å². The minimum atomic E-state index is 0.307. The van der Waals surface area contributed by atoms with Gasteiger partial charge in [-0.2, -0.15) is 11.8 Å². The molecule has 1 saturated carbocycles. The van der Waals surface area contributed by atoms with Crippen molar-refractivity contribution in [2.45, 2.75) is 37.6 Å². The molecule has 1 aromatic carbocycles. The minimum Gasteiger partial charge on any atom is -0.493 e. The van der Waals surface area contributed by atoms with Gasteiger partial charge in [0, 0.05) is 57.3 Å². The molecule has 0 atom stereocenters. The van der Waals surface area contributed by atoms with Crippen molar-refractivity contribution in [1.82, 2.24) is 15.1 Å². The summed E-state index contributed by atoms with van der Waals surface area (Å²) in [7, 11) is 7.35. The lowest BCUT2D eigenvalue weighted by molar-refractivity contribution is 0.106. The van der Waals surface area contributed by atoms with Crippen molar-refractivity contribution < 1.29 is 9.47 Å². The van der Waals surface area contributed by atoms with Crippen LogP contribution in [-0.2, 0) is 6.42 Å². The predicted octanol–water partition coefficient (Wildman–Crippen LogP) is 3.12. The second-order valence-electron chi connectivity index (χ2n) is 8.29. The van der Waals surface area contributed by atoms with Gasteiger partial charge >= 0.3 is 0 Å². The van der Waals surface area contributed by atoms with E-state index in [1.165, 1.54) is 55.8 Å². The van der Waals surface area contributed by atoms with Crippen LogP contribution in [-0.4, -0.2) is 87.3 Å². The number of ether oxygens (including phenoxy) is 2. The zero-order valence-electron chi connectivity index (χ0n) is 19.1. The summed E-state index contributed by atoms with van der Waals surface area (Å²) >= 11 is 2.09. The molecule has 7 heteroatoms. The Kier molecular flexibility index (Phi) is 8.57. The predicted molar refractivity (Wildman–Crippen MR) is 127 cm³/mol. The van der Waals surface area contributed by atoms with Crippen molar-refractivity contribution in [3.63, 3.8) is 0 Å². The number of guanidine groups is 1. The molecule has 6 nitrogen and oxygen atoms in total. The second kappa shape index (κ2) is 11.1. The third-order valence-electron chi connectivity index (χ3n) is 6.55. The molecule has 3 rings (SSSR count). The summed E-state index contributed by atoms with van der Waals surface area (Å²) in [5, 5.41) is 3.71. The van der Waals surface area contributed by atoms with Gasteiger partial charge in [0.1, 0.15) is 0 Å². The standard InChI is InChI=1S/C23H38N4O2S/c1-24-22(25-18-23(10-5-6-11-23)27-13-15-30-16-14-27)26(2)12-9-19-7-8-20(28-3)21(17-19)29-4/h7-8,17H,5-6,9-16,18H2,1-4H3,(H,24,25). The summed E-state index contributed by atoms with van der Waals surface area (Å²) < 4.78 is 10.8. The van der Waals surface area contributed by atoms with Gasteiger partial charge in [0.2, 0.25) is 0 Å². The van der Waals surface area contributed by atoms with Crippen molar-refractivity contribution in [1.29, 1.82) is 0 Å². The maximum Gasteiger partial charge on any atom is 0.193 e. The number of aliphatic imine (C=N–C) groups is 1. The molecule has 1 saturated heterocycles. The van der Waals surface area contributed by atoms with Crippen molar-refractivity contribution in [2.75, 3.05) is 66.0 Å². The molecule has 1 aliphatic carbocycles. The lowest BCUT2D eigenvalue weighted by atomic mass is 9.94. The maximum absolute atomic E-state index is 5.44. The van der Waals surface area contributed by atoms with Crippen LogP contribution in [0.15, 0.2) is 23.2 Å². The van der Waals surface area contributed by atoms with Crippen LogP contribution in [0.5, 0.6) is 11.5 Å². The van der Waals surface area contributed by atoms with Crippen LogP contribution in [0.4, 0.5) is 0 Å². The average Bonchev–Trinajstić information content (AvgIpc) is 3.28. The molecule has 2 aliphatic rings. The minimum absolute atomic E-state index is 0.307. The van der Waals surface area contributed by atoms with Crippen LogP contribution in [0, 0.1) is 0 Å². The second-order valence-corrected chi connectivity index (χ2v) is 9.52. The highest BCUT2D eigenvalue weighted by Gasteiger charge is 2.40. The maximum atomic E-state index is 5.44. The number of likely N-dealkylation sites (N-methyl/N-ethyl adjacent to an activating group) is 1. The Hall–Kier alpha value is -1.60. The number of thioether (sulfide) groups is 1. The van der Waals surface area contributed by atoms with Crippen LogP contribution < -0.4 is 14.8 Å². The molecule has 0 spiro atoms. The molecule has 1 heterocycles. The highest BCUT2D eigenvalue weighted by molar-refractivity contribution is 7.99. The largest absolute Gasteiger partial charge is 0.493 e. The fourth-order valence-electron chi connectivity index (χ4n) is 4.74. The first kappa shape index (κ1) is 23.1. The first-order chi connectivity index (χ1) is 14.6. The smallest absolute Gasteiger partial charge is 0.193 e. The van der Waals surface area contributed by atoms with Crippen molar-refractivity contribution >= 4 is 17.7 Å². The van der Waals surface area contributed by atoms with Crippen LogP contribution in [0.25, 0.3) is 0 Å². The molecule has 0 aromatic heterocycles. The van der Waals surface area contributed by atoms with Gasteiger partial charge < -0.3 is 19.7 Å². The Labute approximate surface area is 186 Å². The topological polar surface area (TPSA) is 49.3 Å². The first-order valence-electron chi connectivity index (χ1n) is 11.1.